The lowest BCUT2D eigenvalue weighted by atomic mass is 10.1. The van der Waals surface area contributed by atoms with Gasteiger partial charge in [-0.05, 0) is 55.6 Å². The van der Waals surface area contributed by atoms with Crippen molar-refractivity contribution in [3.63, 3.8) is 0 Å². The van der Waals surface area contributed by atoms with Gasteiger partial charge in [-0.1, -0.05) is 47.5 Å². The van der Waals surface area contributed by atoms with E-state index in [0.29, 0.717) is 28.9 Å². The predicted octanol–water partition coefficient (Wildman–Crippen LogP) is 5.41. The fourth-order valence-electron chi connectivity index (χ4n) is 4.30. The lowest BCUT2D eigenvalue weighted by Crippen LogP contribution is -2.28. The van der Waals surface area contributed by atoms with Crippen molar-refractivity contribution in [1.82, 2.24) is 14.8 Å². The molecule has 3 aromatic rings. The number of amides is 1. The monoisotopic (exact) mass is 443 g/mol. The number of carbonyl (C=O) groups is 1. The Labute approximate surface area is 187 Å². The zero-order chi connectivity index (χ0) is 21.1. The van der Waals surface area contributed by atoms with E-state index >= 15 is 0 Å². The van der Waals surface area contributed by atoms with Crippen molar-refractivity contribution in [1.29, 1.82) is 0 Å². The van der Waals surface area contributed by atoms with Crippen molar-refractivity contribution in [2.45, 2.75) is 39.3 Å². The van der Waals surface area contributed by atoms with E-state index < -0.39 is 0 Å². The third-order valence-corrected chi connectivity index (χ3v) is 6.55. The molecule has 1 amide bonds. The van der Waals surface area contributed by atoms with E-state index in [9.17, 15) is 4.79 Å². The van der Waals surface area contributed by atoms with Gasteiger partial charge in [0.1, 0.15) is 0 Å². The molecule has 1 aliphatic heterocycles. The minimum Gasteiger partial charge on any atom is -0.343 e. The number of fused-ring (bicyclic) bond motifs is 1. The van der Waals surface area contributed by atoms with E-state index in [1.165, 1.54) is 22.2 Å². The molecule has 0 saturated carbocycles. The standard InChI is InChI=1S/C24H27Cl2N3O/c1-17-21(15-27-11-5-13-28-12-4-8-24(28)30)20-6-2-3-7-23(20)29(17)16-18-9-10-19(25)14-22(18)26/h2-3,6-7,9-10,14,27H,4-5,8,11-13,15-16H2,1H3. The van der Waals surface area contributed by atoms with Gasteiger partial charge in [-0.3, -0.25) is 4.79 Å². The first-order valence-electron chi connectivity index (χ1n) is 10.5. The van der Waals surface area contributed by atoms with Crippen LogP contribution in [-0.4, -0.2) is 35.0 Å². The number of aromatic nitrogens is 1. The third-order valence-electron chi connectivity index (χ3n) is 5.96. The number of para-hydroxylation sites is 1. The number of hydrogen-bond donors (Lipinski definition) is 1. The van der Waals surface area contributed by atoms with Crippen LogP contribution in [0.2, 0.25) is 10.0 Å². The number of hydrogen-bond acceptors (Lipinski definition) is 2. The van der Waals surface area contributed by atoms with Crippen LogP contribution >= 0.6 is 23.2 Å². The maximum atomic E-state index is 11.7. The van der Waals surface area contributed by atoms with Gasteiger partial charge in [-0.2, -0.15) is 0 Å². The van der Waals surface area contributed by atoms with E-state index in [2.05, 4.69) is 41.1 Å². The smallest absolute Gasteiger partial charge is 0.222 e. The molecule has 1 N–H and O–H groups in total. The normalized spacial score (nSPS) is 14.2. The topological polar surface area (TPSA) is 37.3 Å². The molecule has 0 unspecified atom stereocenters. The summed E-state index contributed by atoms with van der Waals surface area (Å²) < 4.78 is 2.32. The van der Waals surface area contributed by atoms with Crippen LogP contribution in [0, 0.1) is 6.92 Å². The van der Waals surface area contributed by atoms with Gasteiger partial charge in [0.15, 0.2) is 0 Å². The molecule has 0 spiro atoms. The molecule has 4 nitrogen and oxygen atoms in total. The summed E-state index contributed by atoms with van der Waals surface area (Å²) in [6.45, 7) is 6.34. The summed E-state index contributed by atoms with van der Waals surface area (Å²) in [5.41, 5.74) is 4.82. The van der Waals surface area contributed by atoms with Crippen LogP contribution in [0.5, 0.6) is 0 Å². The summed E-state index contributed by atoms with van der Waals surface area (Å²) in [5, 5.41) is 6.18. The SMILES string of the molecule is Cc1c(CNCCCN2CCCC2=O)c2ccccc2n1Cc1ccc(Cl)cc1Cl. The molecule has 6 heteroatoms. The number of likely N-dealkylation sites (tertiary alicyclic amines) is 1. The van der Waals surface area contributed by atoms with Crippen LogP contribution in [0.3, 0.4) is 0 Å². The van der Waals surface area contributed by atoms with Crippen LogP contribution in [-0.2, 0) is 17.9 Å². The Bertz CT molecular complexity index is 1060. The second-order valence-electron chi connectivity index (χ2n) is 7.92. The maximum absolute atomic E-state index is 11.7. The summed E-state index contributed by atoms with van der Waals surface area (Å²) >= 11 is 12.5. The van der Waals surface area contributed by atoms with Crippen molar-refractivity contribution in [2.75, 3.05) is 19.6 Å². The molecule has 0 radical (unpaired) electrons. The fraction of sp³-hybridized carbons (Fsp3) is 0.375. The summed E-state index contributed by atoms with van der Waals surface area (Å²) in [5.74, 6) is 0.301. The lowest BCUT2D eigenvalue weighted by Gasteiger charge is -2.15. The summed E-state index contributed by atoms with van der Waals surface area (Å²) in [4.78, 5) is 13.7. The highest BCUT2D eigenvalue weighted by atomic mass is 35.5. The Morgan fingerprint density at radius 1 is 1.13 bits per heavy atom. The van der Waals surface area contributed by atoms with Crippen LogP contribution in [0.4, 0.5) is 0 Å². The van der Waals surface area contributed by atoms with E-state index in [0.717, 1.165) is 44.6 Å². The maximum Gasteiger partial charge on any atom is 0.222 e. The first-order chi connectivity index (χ1) is 14.5. The van der Waals surface area contributed by atoms with Crippen molar-refractivity contribution < 1.29 is 4.79 Å². The van der Waals surface area contributed by atoms with E-state index in [1.54, 1.807) is 6.07 Å². The highest BCUT2D eigenvalue weighted by molar-refractivity contribution is 6.35. The Hall–Kier alpha value is -2.01. The Morgan fingerprint density at radius 2 is 1.97 bits per heavy atom. The number of halogens is 2. The van der Waals surface area contributed by atoms with Crippen LogP contribution in [0.15, 0.2) is 42.5 Å². The number of nitrogens with one attached hydrogen (secondary N) is 1. The molecule has 1 saturated heterocycles. The quantitative estimate of drug-likeness (QED) is 0.472. The van der Waals surface area contributed by atoms with Gasteiger partial charge in [-0.25, -0.2) is 0 Å². The third kappa shape index (κ3) is 4.51. The van der Waals surface area contributed by atoms with Crippen molar-refractivity contribution >= 4 is 40.0 Å². The minimum atomic E-state index is 0.301. The number of rotatable bonds is 8. The number of nitrogens with zero attached hydrogens (tertiary/aromatic N) is 2. The van der Waals surface area contributed by atoms with Gasteiger partial charge < -0.3 is 14.8 Å². The first-order valence-corrected chi connectivity index (χ1v) is 11.3. The molecule has 1 aliphatic rings. The number of benzene rings is 2. The first kappa shape index (κ1) is 21.2. The Morgan fingerprint density at radius 3 is 2.73 bits per heavy atom. The van der Waals surface area contributed by atoms with Gasteiger partial charge in [0.25, 0.3) is 0 Å². The molecule has 0 atom stereocenters. The van der Waals surface area contributed by atoms with Gasteiger partial charge >= 0.3 is 0 Å². The summed E-state index contributed by atoms with van der Waals surface area (Å²) in [6.07, 6.45) is 2.69. The zero-order valence-electron chi connectivity index (χ0n) is 17.3. The highest BCUT2D eigenvalue weighted by Crippen LogP contribution is 2.29. The van der Waals surface area contributed by atoms with Crippen molar-refractivity contribution in [2.24, 2.45) is 0 Å². The van der Waals surface area contributed by atoms with Gasteiger partial charge in [0.2, 0.25) is 5.91 Å². The van der Waals surface area contributed by atoms with E-state index in [1.807, 2.05) is 17.0 Å². The minimum absolute atomic E-state index is 0.301. The molecule has 2 aromatic carbocycles. The van der Waals surface area contributed by atoms with E-state index in [4.69, 9.17) is 23.2 Å². The zero-order valence-corrected chi connectivity index (χ0v) is 18.8. The number of carbonyl (C=O) groups excluding carboxylic acids is 1. The van der Waals surface area contributed by atoms with Gasteiger partial charge in [0.05, 0.1) is 0 Å². The molecule has 4 rings (SSSR count). The molecular formula is C24H27Cl2N3O. The molecule has 158 valence electrons. The molecule has 1 aromatic heterocycles. The molecule has 1 fully saturated rings. The van der Waals surface area contributed by atoms with Crippen LogP contribution in [0.25, 0.3) is 10.9 Å². The lowest BCUT2D eigenvalue weighted by molar-refractivity contribution is -0.127. The molecule has 2 heterocycles. The average molecular weight is 444 g/mol. The second kappa shape index (κ2) is 9.42. The van der Waals surface area contributed by atoms with Gasteiger partial charge in [-0.15, -0.1) is 0 Å². The van der Waals surface area contributed by atoms with Crippen molar-refractivity contribution in [3.05, 3.63) is 69.3 Å². The van der Waals surface area contributed by atoms with E-state index in [-0.39, 0.29) is 0 Å². The molecule has 0 aliphatic carbocycles. The molecule has 0 bridgehead atoms. The largest absolute Gasteiger partial charge is 0.343 e. The second-order valence-corrected chi connectivity index (χ2v) is 8.76. The molecular weight excluding hydrogens is 417 g/mol. The fourth-order valence-corrected chi connectivity index (χ4v) is 4.77. The summed E-state index contributed by atoms with van der Waals surface area (Å²) in [6, 6.07) is 14.2. The summed E-state index contributed by atoms with van der Waals surface area (Å²) in [7, 11) is 0. The van der Waals surface area contributed by atoms with Crippen LogP contribution in [0.1, 0.15) is 36.1 Å². The Kier molecular flexibility index (Phi) is 6.67. The van der Waals surface area contributed by atoms with Gasteiger partial charge in [0, 0.05) is 59.2 Å². The van der Waals surface area contributed by atoms with Crippen molar-refractivity contribution in [3.8, 4) is 0 Å². The molecule has 30 heavy (non-hydrogen) atoms. The average Bonchev–Trinajstić information content (AvgIpc) is 3.25. The van der Waals surface area contributed by atoms with Crippen LogP contribution < -0.4 is 5.32 Å². The predicted molar refractivity (Wildman–Crippen MR) is 124 cm³/mol. The highest BCUT2D eigenvalue weighted by Gasteiger charge is 2.19. The Balaban J connectivity index is 1.47.